The van der Waals surface area contributed by atoms with Gasteiger partial charge in [-0.1, -0.05) is 108 Å². The first kappa shape index (κ1) is 34.4. The molecule has 1 aliphatic carbocycles. The maximum absolute atomic E-state index is 13.4. The van der Waals surface area contributed by atoms with E-state index in [1.807, 2.05) is 36.4 Å². The van der Waals surface area contributed by atoms with E-state index in [0.29, 0.717) is 18.7 Å². The Morgan fingerprint density at radius 1 is 1.05 bits per heavy atom. The molecule has 0 radical (unpaired) electrons. The van der Waals surface area contributed by atoms with Gasteiger partial charge in [0.05, 0.1) is 18.9 Å². The molecule has 2 unspecified atom stereocenters. The summed E-state index contributed by atoms with van der Waals surface area (Å²) >= 11 is 0. The summed E-state index contributed by atoms with van der Waals surface area (Å²) in [4.78, 5) is 3.68. The fraction of sp³-hybridized carbons (Fsp3) is 0.485. The van der Waals surface area contributed by atoms with Crippen LogP contribution < -0.4 is 5.73 Å². The number of aromatic nitrogens is 1. The lowest BCUT2D eigenvalue weighted by Gasteiger charge is -2.21. The average Bonchev–Trinajstić information content (AvgIpc) is 2.93. The number of hydrogen-bond acceptors (Lipinski definition) is 5. The minimum atomic E-state index is -0.784. The van der Waals surface area contributed by atoms with Gasteiger partial charge in [0.1, 0.15) is 5.82 Å². The molecule has 0 saturated heterocycles. The van der Waals surface area contributed by atoms with Gasteiger partial charge in [0.2, 0.25) is 0 Å². The van der Waals surface area contributed by atoms with Crippen LogP contribution in [0, 0.1) is 17.7 Å². The number of aliphatic hydroxyl groups is 2. The Morgan fingerprint density at radius 3 is 2.31 bits per heavy atom. The summed E-state index contributed by atoms with van der Waals surface area (Å²) in [6.45, 7) is 11.2. The van der Waals surface area contributed by atoms with E-state index < -0.39 is 18.2 Å². The van der Waals surface area contributed by atoms with E-state index in [2.05, 4.69) is 32.3 Å². The van der Waals surface area contributed by atoms with Crippen LogP contribution in [0.15, 0.2) is 79.7 Å². The predicted molar refractivity (Wildman–Crippen MR) is 159 cm³/mol. The van der Waals surface area contributed by atoms with Crippen molar-refractivity contribution in [2.24, 2.45) is 17.6 Å². The molecule has 4 N–H and O–H groups in total. The molecule has 1 saturated carbocycles. The summed E-state index contributed by atoms with van der Waals surface area (Å²) in [5.41, 5.74) is 7.71. The molecule has 0 aliphatic heterocycles. The first-order chi connectivity index (χ1) is 18.8. The molecule has 3 rings (SSSR count). The van der Waals surface area contributed by atoms with E-state index in [-0.39, 0.29) is 6.42 Å². The van der Waals surface area contributed by atoms with Gasteiger partial charge in [-0.25, -0.2) is 4.39 Å². The second-order valence-corrected chi connectivity index (χ2v) is 10.4. The molecule has 1 aromatic carbocycles. The Bertz CT molecular complexity index is 951. The van der Waals surface area contributed by atoms with Crippen LogP contribution in [0.2, 0.25) is 0 Å². The summed E-state index contributed by atoms with van der Waals surface area (Å²) in [6.07, 6.45) is 18.0. The van der Waals surface area contributed by atoms with Crippen molar-refractivity contribution >= 4 is 0 Å². The lowest BCUT2D eigenvalue weighted by Crippen LogP contribution is -2.14. The minimum absolute atomic E-state index is 0.232. The zero-order valence-corrected chi connectivity index (χ0v) is 24.0. The largest absolute Gasteiger partial charge is 0.388 e. The highest BCUT2D eigenvalue weighted by Crippen LogP contribution is 2.26. The van der Waals surface area contributed by atoms with Crippen molar-refractivity contribution in [3.63, 3.8) is 0 Å². The summed E-state index contributed by atoms with van der Waals surface area (Å²) in [7, 11) is 0. The first-order valence-corrected chi connectivity index (χ1v) is 14.1. The van der Waals surface area contributed by atoms with Gasteiger partial charge in [0.15, 0.2) is 6.29 Å². The molecule has 2 atom stereocenters. The smallest absolute Gasteiger partial charge is 0.174 e. The lowest BCUT2D eigenvalue weighted by atomic mass is 9.87. The van der Waals surface area contributed by atoms with E-state index >= 15 is 0 Å². The van der Waals surface area contributed by atoms with E-state index in [1.54, 1.807) is 24.3 Å². The van der Waals surface area contributed by atoms with Crippen molar-refractivity contribution in [2.45, 2.75) is 84.7 Å². The normalized spacial score (nSPS) is 15.4. The van der Waals surface area contributed by atoms with Crippen LogP contribution in [0.25, 0.3) is 0 Å². The van der Waals surface area contributed by atoms with Crippen molar-refractivity contribution in [2.75, 3.05) is 6.61 Å². The zero-order chi connectivity index (χ0) is 28.9. The van der Waals surface area contributed by atoms with Gasteiger partial charge >= 0.3 is 0 Å². The third-order valence-electron chi connectivity index (χ3n) is 6.04. The quantitative estimate of drug-likeness (QED) is 0.207. The average molecular weight is 541 g/mol. The second kappa shape index (κ2) is 21.2. The first-order valence-electron chi connectivity index (χ1n) is 14.1. The minimum Gasteiger partial charge on any atom is -0.388 e. The topological polar surface area (TPSA) is 88.6 Å². The highest BCUT2D eigenvalue weighted by atomic mass is 19.1. The van der Waals surface area contributed by atoms with Crippen LogP contribution in [0.3, 0.4) is 0 Å². The van der Waals surface area contributed by atoms with Crippen molar-refractivity contribution in [3.05, 3.63) is 102 Å². The lowest BCUT2D eigenvalue weighted by molar-refractivity contribution is -0.0685. The molecule has 2 aromatic rings. The zero-order valence-electron chi connectivity index (χ0n) is 24.0. The molecule has 0 spiro atoms. The molecule has 1 fully saturated rings. The number of hydrogen-bond donors (Lipinski definition) is 3. The summed E-state index contributed by atoms with van der Waals surface area (Å²) in [5, 5.41) is 19.6. The predicted octanol–water partition coefficient (Wildman–Crippen LogP) is 7.21. The van der Waals surface area contributed by atoms with E-state index in [1.165, 1.54) is 38.3 Å². The Kier molecular flexibility index (Phi) is 18.7. The van der Waals surface area contributed by atoms with E-state index in [0.717, 1.165) is 35.6 Å². The van der Waals surface area contributed by atoms with Crippen molar-refractivity contribution in [1.29, 1.82) is 0 Å². The highest BCUT2D eigenvalue weighted by molar-refractivity contribution is 5.26. The van der Waals surface area contributed by atoms with Crippen LogP contribution in [0.4, 0.5) is 4.39 Å². The fourth-order valence-electron chi connectivity index (χ4n) is 3.96. The van der Waals surface area contributed by atoms with Gasteiger partial charge in [0.25, 0.3) is 0 Å². The molecule has 5 nitrogen and oxygen atoms in total. The third-order valence-corrected chi connectivity index (χ3v) is 6.04. The monoisotopic (exact) mass is 540 g/mol. The van der Waals surface area contributed by atoms with Crippen molar-refractivity contribution in [1.82, 2.24) is 4.98 Å². The second-order valence-electron chi connectivity index (χ2n) is 10.4. The van der Waals surface area contributed by atoms with E-state index in [9.17, 15) is 14.6 Å². The van der Waals surface area contributed by atoms with Crippen molar-refractivity contribution < 1.29 is 19.3 Å². The Hall–Kier alpha value is -2.64. The molecule has 1 heterocycles. The van der Waals surface area contributed by atoms with Gasteiger partial charge in [-0.3, -0.25) is 4.98 Å². The molecule has 1 aromatic heterocycles. The number of pyridine rings is 1. The summed E-state index contributed by atoms with van der Waals surface area (Å²) in [5.74, 6) is 1.25. The Morgan fingerprint density at radius 2 is 1.72 bits per heavy atom. The third kappa shape index (κ3) is 16.8. The molecule has 216 valence electrons. The van der Waals surface area contributed by atoms with Gasteiger partial charge in [-0.2, -0.15) is 0 Å². The number of halogens is 1. The van der Waals surface area contributed by atoms with E-state index in [4.69, 9.17) is 10.5 Å². The number of aliphatic hydroxyl groups excluding tert-OH is 2. The molecule has 39 heavy (non-hydrogen) atoms. The van der Waals surface area contributed by atoms with Gasteiger partial charge in [0, 0.05) is 19.2 Å². The molecular formula is C33H49FN2O3. The van der Waals surface area contributed by atoms with Gasteiger partial charge in [-0.05, 0) is 47.1 Å². The standard InChI is InChI=1S/C15H24O2.C14H15FN2O.C4H10/c1-2-3-4-8-11-15(16)17-13-12-14-9-6-5-7-10-14;15-13-9-17-6-5-12(13)7-14(18)11-3-1-10(8-16)2-4-11;1-4(2)3/h2-4,8,11,14-16H,1,5-7,9-10,12-13H2;1-6,9,14,18H,7-8,16H2;4H,1-3H3/b4-3-,11-8+;;. The number of ether oxygens (including phenoxy) is 1. The fourth-order valence-corrected chi connectivity index (χ4v) is 3.96. The number of allylic oxidation sites excluding steroid dienone is 4. The molecule has 0 amide bonds. The number of benzene rings is 1. The molecular weight excluding hydrogens is 491 g/mol. The Balaban J connectivity index is 0.000000344. The maximum Gasteiger partial charge on any atom is 0.174 e. The molecule has 6 heteroatoms. The number of nitrogens with zero attached hydrogens (tertiary/aromatic N) is 1. The summed E-state index contributed by atoms with van der Waals surface area (Å²) < 4.78 is 18.7. The van der Waals surface area contributed by atoms with Crippen LogP contribution in [0.5, 0.6) is 0 Å². The van der Waals surface area contributed by atoms with Crippen LogP contribution in [-0.2, 0) is 17.7 Å². The SMILES string of the molecule is C=C/C=C\C=C\C(O)OCCC1CCCCC1.CC(C)C.NCc1ccc(C(O)Cc2ccncc2F)cc1. The summed E-state index contributed by atoms with van der Waals surface area (Å²) in [6, 6.07) is 8.92. The van der Waals surface area contributed by atoms with Crippen LogP contribution in [0.1, 0.15) is 82.1 Å². The Labute approximate surface area is 235 Å². The van der Waals surface area contributed by atoms with Crippen LogP contribution in [-0.4, -0.2) is 28.1 Å². The highest BCUT2D eigenvalue weighted by Gasteiger charge is 2.13. The van der Waals surface area contributed by atoms with Gasteiger partial charge in [-0.15, -0.1) is 0 Å². The van der Waals surface area contributed by atoms with Crippen LogP contribution >= 0.6 is 0 Å². The maximum atomic E-state index is 13.4. The molecule has 0 bridgehead atoms. The molecule has 1 aliphatic rings. The van der Waals surface area contributed by atoms with Crippen molar-refractivity contribution in [3.8, 4) is 0 Å². The number of nitrogens with two attached hydrogens (primary N) is 1. The van der Waals surface area contributed by atoms with Gasteiger partial charge < -0.3 is 20.7 Å². The number of rotatable bonds is 11.